The number of hydrogen-bond donors (Lipinski definition) is 3. The van der Waals surface area contributed by atoms with Gasteiger partial charge in [0.15, 0.2) is 0 Å². The molecular formula is C12H12INO5. The van der Waals surface area contributed by atoms with Crippen molar-refractivity contribution in [2.45, 2.75) is 13.3 Å². The highest BCUT2D eigenvalue weighted by atomic mass is 127. The van der Waals surface area contributed by atoms with Crippen LogP contribution in [0.3, 0.4) is 0 Å². The highest BCUT2D eigenvalue weighted by Gasteiger charge is 2.19. The van der Waals surface area contributed by atoms with Crippen LogP contribution in [0.5, 0.6) is 0 Å². The standard InChI is InChI=1S/C12H12INO5/c1-6(4-10(15)16)11(17)14-9-3-2-7(13)5-8(9)12(18)19/h2-3,5-6H,4H2,1H3,(H,14,17)(H,15,16)(H,18,19)/t6-/m0/s1. The van der Waals surface area contributed by atoms with Gasteiger partial charge in [-0.1, -0.05) is 6.92 Å². The first-order valence-electron chi connectivity index (χ1n) is 5.36. The molecule has 19 heavy (non-hydrogen) atoms. The van der Waals surface area contributed by atoms with Crippen LogP contribution in [0.25, 0.3) is 0 Å². The number of amides is 1. The molecule has 0 aliphatic rings. The summed E-state index contributed by atoms with van der Waals surface area (Å²) in [6, 6.07) is 4.57. The van der Waals surface area contributed by atoms with Crippen LogP contribution in [0.15, 0.2) is 18.2 Å². The van der Waals surface area contributed by atoms with Crippen molar-refractivity contribution in [2.75, 3.05) is 5.32 Å². The smallest absolute Gasteiger partial charge is 0.337 e. The molecule has 0 bridgehead atoms. The molecule has 3 N–H and O–H groups in total. The zero-order valence-corrected chi connectivity index (χ0v) is 12.2. The zero-order chi connectivity index (χ0) is 14.6. The molecule has 0 saturated heterocycles. The van der Waals surface area contributed by atoms with Crippen molar-refractivity contribution in [3.8, 4) is 0 Å². The Morgan fingerprint density at radius 2 is 1.95 bits per heavy atom. The van der Waals surface area contributed by atoms with Gasteiger partial charge in [-0.3, -0.25) is 9.59 Å². The topological polar surface area (TPSA) is 104 Å². The van der Waals surface area contributed by atoms with E-state index in [-0.39, 0.29) is 17.7 Å². The minimum Gasteiger partial charge on any atom is -0.481 e. The van der Waals surface area contributed by atoms with Crippen molar-refractivity contribution in [3.05, 3.63) is 27.3 Å². The summed E-state index contributed by atoms with van der Waals surface area (Å²) in [7, 11) is 0. The van der Waals surface area contributed by atoms with E-state index in [9.17, 15) is 14.4 Å². The molecule has 0 spiro atoms. The Labute approximate surface area is 123 Å². The summed E-state index contributed by atoms with van der Waals surface area (Å²) in [6.45, 7) is 1.47. The van der Waals surface area contributed by atoms with Crippen LogP contribution in [0.2, 0.25) is 0 Å². The molecule has 0 aliphatic carbocycles. The van der Waals surface area contributed by atoms with Crippen LogP contribution in [-0.4, -0.2) is 28.1 Å². The predicted molar refractivity (Wildman–Crippen MR) is 76.2 cm³/mol. The van der Waals surface area contributed by atoms with E-state index in [2.05, 4.69) is 5.32 Å². The number of carbonyl (C=O) groups is 3. The van der Waals surface area contributed by atoms with Crippen molar-refractivity contribution in [2.24, 2.45) is 5.92 Å². The maximum Gasteiger partial charge on any atom is 0.337 e. The average molecular weight is 377 g/mol. The summed E-state index contributed by atoms with van der Waals surface area (Å²) >= 11 is 1.96. The molecule has 1 rings (SSSR count). The molecule has 6 nitrogen and oxygen atoms in total. The van der Waals surface area contributed by atoms with Crippen LogP contribution >= 0.6 is 22.6 Å². The first-order chi connectivity index (χ1) is 8.81. The van der Waals surface area contributed by atoms with Crippen molar-refractivity contribution < 1.29 is 24.6 Å². The number of halogens is 1. The third kappa shape index (κ3) is 4.51. The monoisotopic (exact) mass is 377 g/mol. The highest BCUT2D eigenvalue weighted by molar-refractivity contribution is 14.1. The fourth-order valence-corrected chi connectivity index (χ4v) is 1.90. The summed E-state index contributed by atoms with van der Waals surface area (Å²) in [4.78, 5) is 33.3. The van der Waals surface area contributed by atoms with Crippen LogP contribution in [0.4, 0.5) is 5.69 Å². The molecule has 102 valence electrons. The van der Waals surface area contributed by atoms with Crippen LogP contribution in [0, 0.1) is 9.49 Å². The van der Waals surface area contributed by atoms with Gasteiger partial charge in [-0.15, -0.1) is 0 Å². The second kappa shape index (κ2) is 6.50. The van der Waals surface area contributed by atoms with Gasteiger partial charge in [0.1, 0.15) is 0 Å². The zero-order valence-electron chi connectivity index (χ0n) is 10.0. The highest BCUT2D eigenvalue weighted by Crippen LogP contribution is 2.20. The van der Waals surface area contributed by atoms with Gasteiger partial charge in [0.2, 0.25) is 5.91 Å². The van der Waals surface area contributed by atoms with Crippen molar-refractivity contribution in [1.29, 1.82) is 0 Å². The van der Waals surface area contributed by atoms with E-state index in [0.717, 1.165) is 3.57 Å². The Kier molecular flexibility index (Phi) is 5.28. The second-order valence-corrected chi connectivity index (χ2v) is 5.23. The summed E-state index contributed by atoms with van der Waals surface area (Å²) in [5, 5.41) is 20.1. The molecule has 1 aromatic carbocycles. The lowest BCUT2D eigenvalue weighted by Crippen LogP contribution is -2.23. The quantitative estimate of drug-likeness (QED) is 0.682. The molecule has 0 saturated carbocycles. The third-order valence-electron chi connectivity index (χ3n) is 2.40. The third-order valence-corrected chi connectivity index (χ3v) is 3.07. The maximum atomic E-state index is 11.7. The SMILES string of the molecule is C[C@@H](CC(=O)O)C(=O)Nc1ccc(I)cc1C(=O)O. The van der Waals surface area contributed by atoms with E-state index < -0.39 is 23.8 Å². The Morgan fingerprint density at radius 3 is 2.47 bits per heavy atom. The largest absolute Gasteiger partial charge is 0.481 e. The summed E-state index contributed by atoms with van der Waals surface area (Å²) in [5.74, 6) is -3.49. The molecule has 0 fully saturated rings. The Bertz CT molecular complexity index is 529. The molecule has 0 radical (unpaired) electrons. The molecule has 1 aromatic rings. The van der Waals surface area contributed by atoms with Gasteiger partial charge in [0, 0.05) is 9.49 Å². The Hall–Kier alpha value is -1.64. The van der Waals surface area contributed by atoms with Gasteiger partial charge in [0.25, 0.3) is 0 Å². The number of hydrogen-bond acceptors (Lipinski definition) is 3. The van der Waals surface area contributed by atoms with Gasteiger partial charge < -0.3 is 15.5 Å². The van der Waals surface area contributed by atoms with Crippen LogP contribution in [-0.2, 0) is 9.59 Å². The minimum atomic E-state index is -1.15. The normalized spacial score (nSPS) is 11.7. The first kappa shape index (κ1) is 15.4. The fraction of sp³-hybridized carbons (Fsp3) is 0.250. The number of carboxylic acids is 2. The average Bonchev–Trinajstić information content (AvgIpc) is 2.30. The van der Waals surface area contributed by atoms with Crippen molar-refractivity contribution in [3.63, 3.8) is 0 Å². The van der Waals surface area contributed by atoms with E-state index in [4.69, 9.17) is 10.2 Å². The molecule has 0 unspecified atom stereocenters. The first-order valence-corrected chi connectivity index (χ1v) is 6.44. The molecule has 1 amide bonds. The van der Waals surface area contributed by atoms with E-state index in [1.54, 1.807) is 6.07 Å². The molecule has 1 atom stereocenters. The van der Waals surface area contributed by atoms with Gasteiger partial charge in [-0.25, -0.2) is 4.79 Å². The number of nitrogens with one attached hydrogen (secondary N) is 1. The molecule has 0 aromatic heterocycles. The number of carbonyl (C=O) groups excluding carboxylic acids is 1. The van der Waals surface area contributed by atoms with Crippen LogP contribution in [0.1, 0.15) is 23.7 Å². The van der Waals surface area contributed by atoms with Gasteiger partial charge >= 0.3 is 11.9 Å². The molecule has 0 heterocycles. The summed E-state index contributed by atoms with van der Waals surface area (Å²) < 4.78 is 0.728. The Morgan fingerprint density at radius 1 is 1.32 bits per heavy atom. The van der Waals surface area contributed by atoms with Crippen molar-refractivity contribution in [1.82, 2.24) is 0 Å². The molecule has 7 heteroatoms. The van der Waals surface area contributed by atoms with Crippen LogP contribution < -0.4 is 5.32 Å². The van der Waals surface area contributed by atoms with Gasteiger partial charge in [0.05, 0.1) is 17.7 Å². The molecular weight excluding hydrogens is 365 g/mol. The number of aliphatic carboxylic acids is 1. The number of carboxylic acid groups (broad SMARTS) is 2. The predicted octanol–water partition coefficient (Wildman–Crippen LogP) is 2.04. The van der Waals surface area contributed by atoms with E-state index in [1.165, 1.54) is 19.1 Å². The number of benzene rings is 1. The fourth-order valence-electron chi connectivity index (χ4n) is 1.41. The van der Waals surface area contributed by atoms with Gasteiger partial charge in [-0.05, 0) is 40.8 Å². The lowest BCUT2D eigenvalue weighted by atomic mass is 10.1. The number of anilines is 1. The lowest BCUT2D eigenvalue weighted by molar-refractivity contribution is -0.139. The van der Waals surface area contributed by atoms with E-state index in [0.29, 0.717) is 0 Å². The molecule has 0 aliphatic heterocycles. The number of rotatable bonds is 5. The van der Waals surface area contributed by atoms with E-state index >= 15 is 0 Å². The lowest BCUT2D eigenvalue weighted by Gasteiger charge is -2.12. The number of aromatic carboxylic acids is 1. The van der Waals surface area contributed by atoms with Gasteiger partial charge in [-0.2, -0.15) is 0 Å². The Balaban J connectivity index is 2.90. The van der Waals surface area contributed by atoms with E-state index in [1.807, 2.05) is 22.6 Å². The summed E-state index contributed by atoms with van der Waals surface area (Å²) in [5.41, 5.74) is 0.137. The minimum absolute atomic E-state index is 0.0252. The maximum absolute atomic E-state index is 11.7. The van der Waals surface area contributed by atoms with Crippen molar-refractivity contribution >= 4 is 46.1 Å². The summed E-state index contributed by atoms with van der Waals surface area (Å²) in [6.07, 6.45) is -0.307. The second-order valence-electron chi connectivity index (χ2n) is 3.98.